The first-order valence-corrected chi connectivity index (χ1v) is 5.76. The monoisotopic (exact) mass is 231 g/mol. The normalized spacial score (nSPS) is 15.2. The van der Waals surface area contributed by atoms with Gasteiger partial charge >= 0.3 is 0 Å². The van der Waals surface area contributed by atoms with Crippen molar-refractivity contribution in [3.05, 3.63) is 17.8 Å². The predicted molar refractivity (Wildman–Crippen MR) is 60.2 cm³/mol. The van der Waals surface area contributed by atoms with Crippen molar-refractivity contribution in [2.75, 3.05) is 13.0 Å². The van der Waals surface area contributed by atoms with Gasteiger partial charge < -0.3 is 9.15 Å². The van der Waals surface area contributed by atoms with Crippen molar-refractivity contribution in [3.8, 4) is 0 Å². The second-order valence-corrected chi connectivity index (χ2v) is 4.08. The molecule has 0 N–H and O–H groups in total. The van der Waals surface area contributed by atoms with E-state index in [9.17, 15) is 0 Å². The second kappa shape index (κ2) is 5.52. The first kappa shape index (κ1) is 12.5. The molecule has 0 amide bonds. The van der Waals surface area contributed by atoms with Crippen molar-refractivity contribution >= 4 is 11.6 Å². The highest BCUT2D eigenvalue weighted by Crippen LogP contribution is 2.28. The van der Waals surface area contributed by atoms with Crippen LogP contribution in [-0.4, -0.2) is 18.0 Å². The highest BCUT2D eigenvalue weighted by Gasteiger charge is 2.28. The molecule has 1 aromatic rings. The number of methoxy groups -OCH3 is 1. The van der Waals surface area contributed by atoms with Gasteiger partial charge in [-0.15, -0.1) is 11.6 Å². The Labute approximate surface area is 95.8 Å². The third-order valence-electron chi connectivity index (χ3n) is 2.72. The summed E-state index contributed by atoms with van der Waals surface area (Å²) in [5.41, 5.74) is -0.369. The Morgan fingerprint density at radius 2 is 2.33 bits per heavy atom. The lowest BCUT2D eigenvalue weighted by atomic mass is 10.0. The molecule has 0 aliphatic heterocycles. The molecule has 1 aromatic heterocycles. The van der Waals surface area contributed by atoms with Crippen molar-refractivity contribution in [1.29, 1.82) is 0 Å². The number of alkyl halides is 1. The van der Waals surface area contributed by atoms with Crippen LogP contribution in [0.5, 0.6) is 0 Å². The van der Waals surface area contributed by atoms with Gasteiger partial charge in [-0.3, -0.25) is 0 Å². The van der Waals surface area contributed by atoms with Gasteiger partial charge in [-0.2, -0.15) is 0 Å². The summed E-state index contributed by atoms with van der Waals surface area (Å²) in [6.07, 6.45) is 4.27. The number of ether oxygens (including phenoxy) is 1. The lowest BCUT2D eigenvalue weighted by Gasteiger charge is -2.23. The molecule has 0 aliphatic carbocycles. The van der Waals surface area contributed by atoms with Crippen molar-refractivity contribution in [3.63, 3.8) is 0 Å². The Hall–Kier alpha value is -0.540. The average molecular weight is 232 g/mol. The summed E-state index contributed by atoms with van der Waals surface area (Å²) in [5, 5.41) is 0. The van der Waals surface area contributed by atoms with Gasteiger partial charge in [-0.25, -0.2) is 4.98 Å². The van der Waals surface area contributed by atoms with Crippen LogP contribution in [0.3, 0.4) is 0 Å². The molecule has 15 heavy (non-hydrogen) atoms. The molecule has 1 unspecified atom stereocenters. The number of halogens is 1. The summed E-state index contributed by atoms with van der Waals surface area (Å²) in [5.74, 6) is 2.16. The fourth-order valence-electron chi connectivity index (χ4n) is 1.31. The first-order chi connectivity index (χ1) is 7.16. The smallest absolute Gasteiger partial charge is 0.194 e. The molecule has 86 valence electrons. The zero-order chi connectivity index (χ0) is 11.3. The zero-order valence-corrected chi connectivity index (χ0v) is 10.3. The number of rotatable bonds is 6. The summed E-state index contributed by atoms with van der Waals surface area (Å²) < 4.78 is 11.1. The Morgan fingerprint density at radius 1 is 1.60 bits per heavy atom. The third-order valence-corrected chi connectivity index (χ3v) is 2.99. The van der Waals surface area contributed by atoms with Crippen LogP contribution in [0.25, 0.3) is 0 Å². The van der Waals surface area contributed by atoms with Crippen molar-refractivity contribution < 1.29 is 9.15 Å². The fourth-order valence-corrected chi connectivity index (χ4v) is 1.44. The van der Waals surface area contributed by atoms with E-state index in [0.29, 0.717) is 5.88 Å². The van der Waals surface area contributed by atoms with Crippen LogP contribution < -0.4 is 0 Å². The van der Waals surface area contributed by atoms with Gasteiger partial charge in [0.25, 0.3) is 0 Å². The molecule has 0 saturated carbocycles. The maximum atomic E-state index is 5.64. The molecule has 1 atom stereocenters. The van der Waals surface area contributed by atoms with Crippen molar-refractivity contribution in [1.82, 2.24) is 4.98 Å². The summed E-state index contributed by atoms with van der Waals surface area (Å²) in [6, 6.07) is 0. The van der Waals surface area contributed by atoms with Crippen LogP contribution in [0, 0.1) is 0 Å². The highest BCUT2D eigenvalue weighted by atomic mass is 35.5. The van der Waals surface area contributed by atoms with E-state index in [1.165, 1.54) is 0 Å². The maximum absolute atomic E-state index is 5.64. The molecule has 0 bridgehead atoms. The third kappa shape index (κ3) is 2.95. The number of hydrogen-bond acceptors (Lipinski definition) is 3. The van der Waals surface area contributed by atoms with Crippen LogP contribution >= 0.6 is 11.6 Å². The standard InChI is InChI=1S/C11H18ClNO2/c1-4-11(2,14-3)9-8-13-10(15-9)6-5-7-12/h8H,4-7H2,1-3H3. The molecule has 0 spiro atoms. The van der Waals surface area contributed by atoms with Gasteiger partial charge in [-0.05, 0) is 19.8 Å². The van der Waals surface area contributed by atoms with Gasteiger partial charge in [0.2, 0.25) is 0 Å². The zero-order valence-electron chi connectivity index (χ0n) is 9.55. The van der Waals surface area contributed by atoms with Crippen LogP contribution in [0.4, 0.5) is 0 Å². The molecule has 1 heterocycles. The second-order valence-electron chi connectivity index (χ2n) is 3.70. The average Bonchev–Trinajstić information content (AvgIpc) is 2.74. The van der Waals surface area contributed by atoms with Crippen LogP contribution in [0.2, 0.25) is 0 Å². The minimum absolute atomic E-state index is 0.369. The van der Waals surface area contributed by atoms with Gasteiger partial charge in [0, 0.05) is 19.4 Å². The lowest BCUT2D eigenvalue weighted by molar-refractivity contribution is -0.0197. The number of nitrogens with zero attached hydrogens (tertiary/aromatic N) is 1. The van der Waals surface area contributed by atoms with E-state index in [4.69, 9.17) is 20.8 Å². The lowest BCUT2D eigenvalue weighted by Crippen LogP contribution is -2.22. The summed E-state index contributed by atoms with van der Waals surface area (Å²) in [4.78, 5) is 4.21. The van der Waals surface area contributed by atoms with Gasteiger partial charge in [0.15, 0.2) is 11.7 Å². The van der Waals surface area contributed by atoms with Crippen LogP contribution in [0.1, 0.15) is 38.3 Å². The van der Waals surface area contributed by atoms with Gasteiger partial charge in [-0.1, -0.05) is 6.92 Å². The minimum Gasteiger partial charge on any atom is -0.443 e. The molecule has 4 heteroatoms. The molecular formula is C11H18ClNO2. The Kier molecular flexibility index (Phi) is 4.61. The maximum Gasteiger partial charge on any atom is 0.194 e. The largest absolute Gasteiger partial charge is 0.443 e. The van der Waals surface area contributed by atoms with E-state index < -0.39 is 0 Å². The molecule has 0 radical (unpaired) electrons. The van der Waals surface area contributed by atoms with Crippen LogP contribution in [-0.2, 0) is 16.8 Å². The minimum atomic E-state index is -0.369. The number of aryl methyl sites for hydroxylation is 1. The number of hydrogen-bond donors (Lipinski definition) is 0. The van der Waals surface area contributed by atoms with Gasteiger partial charge in [0.05, 0.1) is 6.20 Å². The number of aromatic nitrogens is 1. The Balaban J connectivity index is 2.74. The van der Waals surface area contributed by atoms with E-state index >= 15 is 0 Å². The molecular weight excluding hydrogens is 214 g/mol. The molecule has 0 aliphatic rings. The topological polar surface area (TPSA) is 35.3 Å². The molecule has 0 saturated heterocycles. The summed E-state index contributed by atoms with van der Waals surface area (Å²) in [7, 11) is 1.68. The molecule has 1 rings (SSSR count). The van der Waals surface area contributed by atoms with E-state index in [0.717, 1.165) is 30.9 Å². The van der Waals surface area contributed by atoms with E-state index in [1.807, 2.05) is 6.92 Å². The number of oxazole rings is 1. The van der Waals surface area contributed by atoms with Gasteiger partial charge in [0.1, 0.15) is 5.60 Å². The van der Waals surface area contributed by atoms with E-state index in [-0.39, 0.29) is 5.60 Å². The first-order valence-electron chi connectivity index (χ1n) is 5.22. The molecule has 0 fully saturated rings. The highest BCUT2D eigenvalue weighted by molar-refractivity contribution is 6.17. The molecule has 0 aromatic carbocycles. The Bertz CT molecular complexity index is 295. The predicted octanol–water partition coefficient (Wildman–Crippen LogP) is 3.12. The van der Waals surface area contributed by atoms with Crippen molar-refractivity contribution in [2.24, 2.45) is 0 Å². The quantitative estimate of drug-likeness (QED) is 0.706. The van der Waals surface area contributed by atoms with E-state index in [1.54, 1.807) is 13.3 Å². The van der Waals surface area contributed by atoms with Crippen molar-refractivity contribution in [2.45, 2.75) is 38.7 Å². The molecule has 3 nitrogen and oxygen atoms in total. The SMILES string of the molecule is CCC(C)(OC)c1cnc(CCCCl)o1. The summed E-state index contributed by atoms with van der Waals surface area (Å²) >= 11 is 5.61. The van der Waals surface area contributed by atoms with E-state index in [2.05, 4.69) is 11.9 Å². The summed E-state index contributed by atoms with van der Waals surface area (Å²) in [6.45, 7) is 4.06. The fraction of sp³-hybridized carbons (Fsp3) is 0.727. The Morgan fingerprint density at radius 3 is 2.87 bits per heavy atom. The van der Waals surface area contributed by atoms with Crippen LogP contribution in [0.15, 0.2) is 10.6 Å².